The molecule has 2 rings (SSSR count). The lowest BCUT2D eigenvalue weighted by molar-refractivity contribution is -0.147. The van der Waals surface area contributed by atoms with Gasteiger partial charge in [-0.2, -0.15) is 0 Å². The highest BCUT2D eigenvalue weighted by molar-refractivity contribution is 5.83. The van der Waals surface area contributed by atoms with Crippen molar-refractivity contribution in [3.63, 3.8) is 0 Å². The fourth-order valence-electron chi connectivity index (χ4n) is 2.26. The molecule has 126 valence electrons. The van der Waals surface area contributed by atoms with E-state index >= 15 is 0 Å². The molecule has 0 N–H and O–H groups in total. The predicted octanol–water partition coefficient (Wildman–Crippen LogP) is 4.17. The number of benzene rings is 2. The van der Waals surface area contributed by atoms with Crippen LogP contribution in [0.4, 0.5) is 0 Å². The molecule has 24 heavy (non-hydrogen) atoms. The van der Waals surface area contributed by atoms with Crippen molar-refractivity contribution in [2.75, 3.05) is 0 Å². The van der Waals surface area contributed by atoms with E-state index in [4.69, 9.17) is 9.47 Å². The molecule has 0 aliphatic carbocycles. The molecule has 1 atom stereocenters. The average Bonchev–Trinajstić information content (AvgIpc) is 2.59. The Hall–Kier alpha value is -2.62. The zero-order chi connectivity index (χ0) is 17.4. The van der Waals surface area contributed by atoms with E-state index in [1.165, 1.54) is 0 Å². The van der Waals surface area contributed by atoms with Gasteiger partial charge in [0.25, 0.3) is 0 Å². The average molecular weight is 326 g/mol. The van der Waals surface area contributed by atoms with Gasteiger partial charge in [-0.25, -0.2) is 0 Å². The zero-order valence-electron chi connectivity index (χ0n) is 13.9. The summed E-state index contributed by atoms with van der Waals surface area (Å²) in [7, 11) is 0. The first-order valence-electron chi connectivity index (χ1n) is 8.04. The van der Waals surface area contributed by atoms with Crippen LogP contribution in [-0.2, 0) is 25.7 Å². The lowest BCUT2D eigenvalue weighted by Crippen LogP contribution is -2.13. The second kappa shape index (κ2) is 8.87. The van der Waals surface area contributed by atoms with Crippen LogP contribution in [0.5, 0.6) is 0 Å². The van der Waals surface area contributed by atoms with Crippen molar-refractivity contribution in [3.05, 3.63) is 60.7 Å². The van der Waals surface area contributed by atoms with E-state index in [9.17, 15) is 9.59 Å². The van der Waals surface area contributed by atoms with Crippen molar-refractivity contribution < 1.29 is 19.1 Å². The van der Waals surface area contributed by atoms with Crippen LogP contribution in [0.3, 0.4) is 0 Å². The minimum atomic E-state index is -0.329. The highest BCUT2D eigenvalue weighted by Crippen LogP contribution is 2.16. The number of carbonyl (C=O) groups excluding carboxylic acids is 2. The van der Waals surface area contributed by atoms with E-state index in [0.717, 1.165) is 16.3 Å². The topological polar surface area (TPSA) is 52.6 Å². The maximum absolute atomic E-state index is 11.7. The molecule has 2 aromatic carbocycles. The predicted molar refractivity (Wildman–Crippen MR) is 93.3 cm³/mol. The van der Waals surface area contributed by atoms with Gasteiger partial charge in [0.05, 0.1) is 0 Å². The van der Waals surface area contributed by atoms with Crippen LogP contribution >= 0.6 is 0 Å². The Morgan fingerprint density at radius 1 is 1.08 bits per heavy atom. The van der Waals surface area contributed by atoms with Gasteiger partial charge < -0.3 is 9.47 Å². The maximum atomic E-state index is 11.7. The third-order valence-electron chi connectivity index (χ3n) is 3.62. The van der Waals surface area contributed by atoms with E-state index in [-0.39, 0.29) is 37.5 Å². The van der Waals surface area contributed by atoms with Gasteiger partial charge in [0.1, 0.15) is 12.7 Å². The Morgan fingerprint density at radius 2 is 1.79 bits per heavy atom. The van der Waals surface area contributed by atoms with E-state index in [1.54, 1.807) is 13.0 Å². The molecule has 0 radical (unpaired) electrons. The van der Waals surface area contributed by atoms with Gasteiger partial charge in [0, 0.05) is 12.8 Å². The van der Waals surface area contributed by atoms with Gasteiger partial charge in [-0.05, 0) is 35.7 Å². The van der Waals surface area contributed by atoms with Crippen LogP contribution in [0.25, 0.3) is 10.8 Å². The summed E-state index contributed by atoms with van der Waals surface area (Å²) in [4.78, 5) is 23.2. The maximum Gasteiger partial charge on any atom is 0.306 e. The first-order valence-corrected chi connectivity index (χ1v) is 8.04. The van der Waals surface area contributed by atoms with Crippen molar-refractivity contribution in [1.29, 1.82) is 0 Å². The summed E-state index contributed by atoms with van der Waals surface area (Å²) in [6.07, 6.45) is 2.06. The summed E-state index contributed by atoms with van der Waals surface area (Å²) < 4.78 is 10.3. The molecule has 0 saturated heterocycles. The monoisotopic (exact) mass is 326 g/mol. The van der Waals surface area contributed by atoms with Gasteiger partial charge >= 0.3 is 11.9 Å². The molecular formula is C20H22O4. The Kier molecular flexibility index (Phi) is 6.55. The van der Waals surface area contributed by atoms with Crippen molar-refractivity contribution >= 4 is 22.7 Å². The van der Waals surface area contributed by atoms with E-state index < -0.39 is 0 Å². The Morgan fingerprint density at radius 3 is 2.54 bits per heavy atom. The number of rotatable bonds is 8. The van der Waals surface area contributed by atoms with Crippen molar-refractivity contribution in [3.8, 4) is 0 Å². The molecule has 0 aliphatic heterocycles. The van der Waals surface area contributed by atoms with Crippen molar-refractivity contribution in [1.82, 2.24) is 0 Å². The molecule has 1 unspecified atom stereocenters. The Labute approximate surface area is 142 Å². The first kappa shape index (κ1) is 17.7. The Balaban J connectivity index is 1.72. The molecule has 0 saturated carbocycles. The second-order valence-corrected chi connectivity index (χ2v) is 5.63. The fraction of sp³-hybridized carbons (Fsp3) is 0.300. The minimum absolute atomic E-state index is 0.198. The van der Waals surface area contributed by atoms with Gasteiger partial charge in [0.2, 0.25) is 0 Å². The second-order valence-electron chi connectivity index (χ2n) is 5.63. The summed E-state index contributed by atoms with van der Waals surface area (Å²) >= 11 is 0. The van der Waals surface area contributed by atoms with Crippen LogP contribution in [-0.4, -0.2) is 18.0 Å². The van der Waals surface area contributed by atoms with Crippen molar-refractivity contribution in [2.24, 2.45) is 0 Å². The smallest absolute Gasteiger partial charge is 0.306 e. The lowest BCUT2D eigenvalue weighted by atomic mass is 10.1. The lowest BCUT2D eigenvalue weighted by Gasteiger charge is -2.08. The zero-order valence-corrected chi connectivity index (χ0v) is 13.9. The van der Waals surface area contributed by atoms with Crippen LogP contribution in [0.2, 0.25) is 0 Å². The van der Waals surface area contributed by atoms with Gasteiger partial charge in [-0.1, -0.05) is 49.1 Å². The molecule has 0 aliphatic rings. The molecular weight excluding hydrogens is 304 g/mol. The Bertz CT molecular complexity index is 720. The van der Waals surface area contributed by atoms with Crippen LogP contribution in [0, 0.1) is 0 Å². The molecule has 0 heterocycles. The molecule has 4 nitrogen and oxygen atoms in total. The van der Waals surface area contributed by atoms with Gasteiger partial charge in [0.15, 0.2) is 0 Å². The van der Waals surface area contributed by atoms with E-state index in [2.05, 4.69) is 6.58 Å². The fourth-order valence-corrected chi connectivity index (χ4v) is 2.26. The molecule has 0 fully saturated rings. The molecule has 2 aromatic rings. The standard InChI is InChI=1S/C20H22O4/c1-3-15(2)24-20(22)10-6-9-19(21)23-14-16-11-12-17-7-4-5-8-18(17)13-16/h3-5,7-8,11-13,15H,1,6,9-10,14H2,2H3. The summed E-state index contributed by atoms with van der Waals surface area (Å²) in [5.74, 6) is -0.641. The molecule has 4 heteroatoms. The summed E-state index contributed by atoms with van der Waals surface area (Å²) in [6, 6.07) is 14.0. The number of fused-ring (bicyclic) bond motifs is 1. The summed E-state index contributed by atoms with van der Waals surface area (Å²) in [5.41, 5.74) is 0.946. The van der Waals surface area contributed by atoms with Crippen LogP contribution in [0.15, 0.2) is 55.1 Å². The minimum Gasteiger partial charge on any atom is -0.461 e. The summed E-state index contributed by atoms with van der Waals surface area (Å²) in [6.45, 7) is 5.52. The molecule has 0 spiro atoms. The highest BCUT2D eigenvalue weighted by atomic mass is 16.5. The first-order chi connectivity index (χ1) is 11.6. The SMILES string of the molecule is C=CC(C)OC(=O)CCCC(=O)OCc1ccc2ccccc2c1. The van der Waals surface area contributed by atoms with Crippen LogP contribution < -0.4 is 0 Å². The van der Waals surface area contributed by atoms with Gasteiger partial charge in [-0.3, -0.25) is 9.59 Å². The molecule has 0 bridgehead atoms. The third kappa shape index (κ3) is 5.54. The van der Waals surface area contributed by atoms with E-state index in [0.29, 0.717) is 6.42 Å². The van der Waals surface area contributed by atoms with Crippen molar-refractivity contribution in [2.45, 2.75) is 38.9 Å². The third-order valence-corrected chi connectivity index (χ3v) is 3.62. The number of ether oxygens (including phenoxy) is 2. The molecule has 0 amide bonds. The number of esters is 2. The van der Waals surface area contributed by atoms with Gasteiger partial charge in [-0.15, -0.1) is 0 Å². The largest absolute Gasteiger partial charge is 0.461 e. The van der Waals surface area contributed by atoms with E-state index in [1.807, 2.05) is 42.5 Å². The molecule has 0 aromatic heterocycles. The van der Waals surface area contributed by atoms with Crippen LogP contribution in [0.1, 0.15) is 31.7 Å². The number of carbonyl (C=O) groups is 2. The highest BCUT2D eigenvalue weighted by Gasteiger charge is 2.09. The summed E-state index contributed by atoms with van der Waals surface area (Å²) in [5, 5.41) is 2.27. The number of hydrogen-bond acceptors (Lipinski definition) is 4. The normalized spacial score (nSPS) is 11.7. The number of hydrogen-bond donors (Lipinski definition) is 0. The quantitative estimate of drug-likeness (QED) is 0.539.